The van der Waals surface area contributed by atoms with Crippen LogP contribution in [-0.4, -0.2) is 30.6 Å². The molecule has 1 aliphatic heterocycles. The van der Waals surface area contributed by atoms with Gasteiger partial charge in [-0.2, -0.15) is 5.10 Å². The number of hydrazone groups is 1. The molecule has 0 radical (unpaired) electrons. The molecule has 0 spiro atoms. The molecule has 2 aromatic rings. The van der Waals surface area contributed by atoms with Crippen molar-refractivity contribution in [1.82, 2.24) is 5.43 Å². The van der Waals surface area contributed by atoms with Gasteiger partial charge in [0.1, 0.15) is 22.8 Å². The van der Waals surface area contributed by atoms with E-state index in [9.17, 15) is 0 Å². The van der Waals surface area contributed by atoms with Gasteiger partial charge >= 0.3 is 0 Å². The quantitative estimate of drug-likeness (QED) is 0.614. The van der Waals surface area contributed by atoms with Gasteiger partial charge in [0.15, 0.2) is 5.11 Å². The summed E-state index contributed by atoms with van der Waals surface area (Å²) in [5.41, 5.74) is 5.14. The van der Waals surface area contributed by atoms with Crippen LogP contribution >= 0.6 is 12.2 Å². The van der Waals surface area contributed by atoms with Gasteiger partial charge in [-0.15, -0.1) is 0 Å². The SMILES string of the molecule is COc1cccc(NC(=S)NN=C2CC(C)(C)Oc3ccc(OC)cc32)c1. The molecule has 0 bridgehead atoms. The molecule has 0 amide bonds. The zero-order chi connectivity index (χ0) is 19.4. The van der Waals surface area contributed by atoms with Gasteiger partial charge in [0.25, 0.3) is 0 Å². The van der Waals surface area contributed by atoms with Crippen molar-refractivity contribution in [3.05, 3.63) is 48.0 Å². The van der Waals surface area contributed by atoms with Crippen molar-refractivity contribution in [3.8, 4) is 17.2 Å². The number of methoxy groups -OCH3 is 2. The number of ether oxygens (including phenoxy) is 3. The summed E-state index contributed by atoms with van der Waals surface area (Å²) < 4.78 is 16.6. The third kappa shape index (κ3) is 4.68. The lowest BCUT2D eigenvalue weighted by Gasteiger charge is -2.33. The lowest BCUT2D eigenvalue weighted by atomic mass is 9.92. The lowest BCUT2D eigenvalue weighted by Crippen LogP contribution is -2.37. The van der Waals surface area contributed by atoms with E-state index in [2.05, 4.69) is 15.8 Å². The highest BCUT2D eigenvalue weighted by Gasteiger charge is 2.31. The molecule has 1 aliphatic rings. The zero-order valence-corrected chi connectivity index (χ0v) is 16.6. The molecule has 0 fully saturated rings. The summed E-state index contributed by atoms with van der Waals surface area (Å²) in [6.45, 7) is 4.06. The molecule has 0 aliphatic carbocycles. The average molecular weight is 385 g/mol. The number of nitrogens with one attached hydrogen (secondary N) is 2. The average Bonchev–Trinajstić information content (AvgIpc) is 2.65. The lowest BCUT2D eigenvalue weighted by molar-refractivity contribution is 0.111. The van der Waals surface area contributed by atoms with Crippen LogP contribution in [0.4, 0.5) is 5.69 Å². The minimum Gasteiger partial charge on any atom is -0.497 e. The third-order valence-corrected chi connectivity index (χ3v) is 4.29. The van der Waals surface area contributed by atoms with Gasteiger partial charge in [-0.05, 0) is 56.4 Å². The van der Waals surface area contributed by atoms with Gasteiger partial charge < -0.3 is 19.5 Å². The number of hydrogen-bond donors (Lipinski definition) is 2. The number of thiocarbonyl (C=S) groups is 1. The number of hydrogen-bond acceptors (Lipinski definition) is 5. The Hall–Kier alpha value is -2.80. The molecule has 2 aromatic carbocycles. The van der Waals surface area contributed by atoms with Crippen molar-refractivity contribution in [3.63, 3.8) is 0 Å². The van der Waals surface area contributed by atoms with Crippen molar-refractivity contribution >= 4 is 28.7 Å². The van der Waals surface area contributed by atoms with Crippen LogP contribution in [0.25, 0.3) is 0 Å². The smallest absolute Gasteiger partial charge is 0.191 e. The fourth-order valence-corrected chi connectivity index (χ4v) is 3.02. The first-order valence-corrected chi connectivity index (χ1v) is 8.96. The van der Waals surface area contributed by atoms with Gasteiger partial charge in [0, 0.05) is 23.7 Å². The summed E-state index contributed by atoms with van der Waals surface area (Å²) in [5.74, 6) is 2.28. The normalized spacial score (nSPS) is 16.1. The zero-order valence-electron chi connectivity index (χ0n) is 15.8. The number of anilines is 1. The summed E-state index contributed by atoms with van der Waals surface area (Å²) in [4.78, 5) is 0. The Kier molecular flexibility index (Phi) is 5.51. The second-order valence-electron chi connectivity index (χ2n) is 6.76. The van der Waals surface area contributed by atoms with Gasteiger partial charge in [0.2, 0.25) is 0 Å². The first kappa shape index (κ1) is 19.0. The number of fused-ring (bicyclic) bond motifs is 1. The molecule has 142 valence electrons. The van der Waals surface area contributed by atoms with E-state index in [0.717, 1.165) is 34.2 Å². The van der Waals surface area contributed by atoms with E-state index >= 15 is 0 Å². The molecule has 0 unspecified atom stereocenters. The largest absolute Gasteiger partial charge is 0.497 e. The van der Waals surface area contributed by atoms with E-state index in [0.29, 0.717) is 11.5 Å². The summed E-state index contributed by atoms with van der Waals surface area (Å²) >= 11 is 5.36. The van der Waals surface area contributed by atoms with Gasteiger partial charge in [-0.1, -0.05) is 6.07 Å². The Morgan fingerprint density at radius 2 is 1.85 bits per heavy atom. The predicted molar refractivity (Wildman–Crippen MR) is 111 cm³/mol. The highest BCUT2D eigenvalue weighted by Crippen LogP contribution is 2.35. The van der Waals surface area contributed by atoms with Crippen molar-refractivity contribution in [1.29, 1.82) is 0 Å². The third-order valence-electron chi connectivity index (χ3n) is 4.10. The van der Waals surface area contributed by atoms with Crippen LogP contribution in [0.2, 0.25) is 0 Å². The van der Waals surface area contributed by atoms with E-state index in [1.54, 1.807) is 14.2 Å². The highest BCUT2D eigenvalue weighted by atomic mass is 32.1. The number of rotatable bonds is 4. The Balaban J connectivity index is 1.78. The van der Waals surface area contributed by atoms with Crippen LogP contribution in [-0.2, 0) is 0 Å². The van der Waals surface area contributed by atoms with E-state index in [-0.39, 0.29) is 5.60 Å². The van der Waals surface area contributed by atoms with Crippen LogP contribution in [0.3, 0.4) is 0 Å². The fourth-order valence-electron chi connectivity index (χ4n) is 2.86. The molecule has 0 saturated carbocycles. The first-order valence-electron chi connectivity index (χ1n) is 8.55. The second-order valence-corrected chi connectivity index (χ2v) is 7.17. The fraction of sp³-hybridized carbons (Fsp3) is 0.300. The maximum atomic E-state index is 6.05. The van der Waals surface area contributed by atoms with Crippen molar-refractivity contribution < 1.29 is 14.2 Å². The summed E-state index contributed by atoms with van der Waals surface area (Å²) in [7, 11) is 3.26. The molecular formula is C20H23N3O3S. The maximum Gasteiger partial charge on any atom is 0.191 e. The molecule has 0 saturated heterocycles. The topological polar surface area (TPSA) is 64.1 Å². The Morgan fingerprint density at radius 1 is 1.11 bits per heavy atom. The second kappa shape index (κ2) is 7.84. The van der Waals surface area contributed by atoms with Crippen molar-refractivity contribution in [2.24, 2.45) is 5.10 Å². The van der Waals surface area contributed by atoms with Crippen LogP contribution in [0, 0.1) is 0 Å². The van der Waals surface area contributed by atoms with E-state index in [1.807, 2.05) is 56.3 Å². The maximum absolute atomic E-state index is 6.05. The Labute approximate surface area is 164 Å². The van der Waals surface area contributed by atoms with Crippen molar-refractivity contribution in [2.75, 3.05) is 19.5 Å². The van der Waals surface area contributed by atoms with Crippen molar-refractivity contribution in [2.45, 2.75) is 25.9 Å². The monoisotopic (exact) mass is 385 g/mol. The van der Waals surface area contributed by atoms with Crippen LogP contribution < -0.4 is 25.0 Å². The number of nitrogens with zero attached hydrogens (tertiary/aromatic N) is 1. The Bertz CT molecular complexity index is 881. The summed E-state index contributed by atoms with van der Waals surface area (Å²) in [6.07, 6.45) is 0.641. The van der Waals surface area contributed by atoms with E-state index in [4.69, 9.17) is 26.4 Å². The standard InChI is InChI=1S/C20H23N3O3S/c1-20(2)12-17(16-11-15(25-4)8-9-18(16)26-20)22-23-19(27)21-13-6-5-7-14(10-13)24-3/h5-11H,12H2,1-4H3,(H2,21,23,27). The number of benzene rings is 2. The van der Waals surface area contributed by atoms with Gasteiger partial charge in [-0.25, -0.2) is 0 Å². The summed E-state index contributed by atoms with van der Waals surface area (Å²) in [5, 5.41) is 8.02. The molecule has 1 heterocycles. The molecule has 7 heteroatoms. The molecule has 2 N–H and O–H groups in total. The molecule has 27 heavy (non-hydrogen) atoms. The molecule has 0 aromatic heterocycles. The molecule has 3 rings (SSSR count). The molecule has 0 atom stereocenters. The highest BCUT2D eigenvalue weighted by molar-refractivity contribution is 7.80. The molecular weight excluding hydrogens is 362 g/mol. The predicted octanol–water partition coefficient (Wildman–Crippen LogP) is 3.96. The van der Waals surface area contributed by atoms with Crippen LogP contribution in [0.15, 0.2) is 47.6 Å². The minimum atomic E-state index is -0.357. The molecule has 6 nitrogen and oxygen atoms in total. The van der Waals surface area contributed by atoms with Gasteiger partial charge in [-0.3, -0.25) is 5.43 Å². The van der Waals surface area contributed by atoms with E-state index in [1.165, 1.54) is 0 Å². The van der Waals surface area contributed by atoms with E-state index < -0.39 is 0 Å². The minimum absolute atomic E-state index is 0.357. The Morgan fingerprint density at radius 3 is 2.59 bits per heavy atom. The van der Waals surface area contributed by atoms with Crippen LogP contribution in [0.5, 0.6) is 17.2 Å². The van der Waals surface area contributed by atoms with Gasteiger partial charge in [0.05, 0.1) is 19.9 Å². The first-order chi connectivity index (χ1) is 12.9. The summed E-state index contributed by atoms with van der Waals surface area (Å²) in [6, 6.07) is 13.2. The van der Waals surface area contributed by atoms with Crippen LogP contribution in [0.1, 0.15) is 25.8 Å².